The zero-order valence-corrected chi connectivity index (χ0v) is 12.4. The summed E-state index contributed by atoms with van der Waals surface area (Å²) in [6.07, 6.45) is 1.89. The van der Waals surface area contributed by atoms with Gasteiger partial charge in [0.25, 0.3) is 0 Å². The molecule has 17 heavy (non-hydrogen) atoms. The summed E-state index contributed by atoms with van der Waals surface area (Å²) in [5, 5.41) is 3.27. The standard InChI is InChI=1S/C11H18IN5/c1-3-13-10-9(12)8-14-11(15-10)17-6-4-16(2)5-7-17/h8H,3-7H2,1-2H3,(H,13,14,15). The molecule has 2 rings (SSSR count). The third-order valence-corrected chi connectivity index (χ3v) is 3.65. The fraction of sp³-hybridized carbons (Fsp3) is 0.636. The smallest absolute Gasteiger partial charge is 0.227 e. The first kappa shape index (κ1) is 12.8. The lowest BCUT2D eigenvalue weighted by Gasteiger charge is -2.32. The number of hydrogen-bond acceptors (Lipinski definition) is 5. The van der Waals surface area contributed by atoms with E-state index in [-0.39, 0.29) is 0 Å². The Morgan fingerprint density at radius 1 is 1.35 bits per heavy atom. The third kappa shape index (κ3) is 3.19. The summed E-state index contributed by atoms with van der Waals surface area (Å²) in [5.41, 5.74) is 0. The molecule has 0 aliphatic carbocycles. The summed E-state index contributed by atoms with van der Waals surface area (Å²) in [6, 6.07) is 0. The van der Waals surface area contributed by atoms with Crippen molar-refractivity contribution in [2.75, 3.05) is 50.0 Å². The maximum Gasteiger partial charge on any atom is 0.227 e. The molecule has 0 saturated carbocycles. The van der Waals surface area contributed by atoms with Gasteiger partial charge < -0.3 is 15.1 Å². The lowest BCUT2D eigenvalue weighted by molar-refractivity contribution is 0.311. The van der Waals surface area contributed by atoms with Crippen LogP contribution < -0.4 is 10.2 Å². The van der Waals surface area contributed by atoms with Gasteiger partial charge in [-0.25, -0.2) is 4.98 Å². The average Bonchev–Trinajstić information content (AvgIpc) is 2.33. The molecule has 1 aromatic rings. The van der Waals surface area contributed by atoms with Gasteiger partial charge in [0.05, 0.1) is 3.57 Å². The van der Waals surface area contributed by atoms with Crippen LogP contribution in [-0.4, -0.2) is 54.6 Å². The number of aromatic nitrogens is 2. The van der Waals surface area contributed by atoms with Crippen molar-refractivity contribution in [3.63, 3.8) is 0 Å². The highest BCUT2D eigenvalue weighted by atomic mass is 127. The highest BCUT2D eigenvalue weighted by molar-refractivity contribution is 14.1. The van der Waals surface area contributed by atoms with Crippen LogP contribution in [0.3, 0.4) is 0 Å². The van der Waals surface area contributed by atoms with Crippen LogP contribution in [0.2, 0.25) is 0 Å². The van der Waals surface area contributed by atoms with Gasteiger partial charge in [-0.1, -0.05) is 0 Å². The van der Waals surface area contributed by atoms with Crippen LogP contribution in [0.4, 0.5) is 11.8 Å². The highest BCUT2D eigenvalue weighted by Crippen LogP contribution is 2.18. The van der Waals surface area contributed by atoms with Crippen LogP contribution >= 0.6 is 22.6 Å². The molecule has 0 bridgehead atoms. The summed E-state index contributed by atoms with van der Waals surface area (Å²) < 4.78 is 1.07. The van der Waals surface area contributed by atoms with Crippen molar-refractivity contribution in [3.05, 3.63) is 9.77 Å². The number of rotatable bonds is 3. The lowest BCUT2D eigenvalue weighted by Crippen LogP contribution is -2.45. The molecule has 1 aliphatic rings. The van der Waals surface area contributed by atoms with Crippen LogP contribution in [0, 0.1) is 3.57 Å². The van der Waals surface area contributed by atoms with Gasteiger partial charge >= 0.3 is 0 Å². The summed E-state index contributed by atoms with van der Waals surface area (Å²) in [4.78, 5) is 13.6. The number of halogens is 1. The predicted molar refractivity (Wildman–Crippen MR) is 78.6 cm³/mol. The van der Waals surface area contributed by atoms with Gasteiger partial charge in [0, 0.05) is 38.9 Å². The second-order valence-corrected chi connectivity index (χ2v) is 5.35. The molecule has 1 aromatic heterocycles. The largest absolute Gasteiger partial charge is 0.369 e. The third-order valence-electron chi connectivity index (χ3n) is 2.86. The topological polar surface area (TPSA) is 44.3 Å². The van der Waals surface area contributed by atoms with E-state index in [2.05, 4.69) is 61.6 Å². The molecule has 0 aromatic carbocycles. The first-order valence-corrected chi connectivity index (χ1v) is 6.98. The van der Waals surface area contributed by atoms with E-state index in [4.69, 9.17) is 0 Å². The Balaban J connectivity index is 2.12. The van der Waals surface area contributed by atoms with Crippen LogP contribution in [0.5, 0.6) is 0 Å². The van der Waals surface area contributed by atoms with Crippen LogP contribution in [0.25, 0.3) is 0 Å². The minimum atomic E-state index is 0.842. The van der Waals surface area contributed by atoms with Gasteiger partial charge in [0.15, 0.2) is 0 Å². The van der Waals surface area contributed by atoms with Gasteiger partial charge in [0.2, 0.25) is 5.95 Å². The van der Waals surface area contributed by atoms with Crippen LogP contribution in [-0.2, 0) is 0 Å². The van der Waals surface area contributed by atoms with Gasteiger partial charge in [-0.15, -0.1) is 0 Å². The molecule has 0 amide bonds. The lowest BCUT2D eigenvalue weighted by atomic mass is 10.3. The van der Waals surface area contributed by atoms with Crippen molar-refractivity contribution in [2.45, 2.75) is 6.92 Å². The molecule has 1 aliphatic heterocycles. The van der Waals surface area contributed by atoms with E-state index in [0.717, 1.165) is 48.1 Å². The fourth-order valence-corrected chi connectivity index (χ4v) is 2.26. The first-order chi connectivity index (χ1) is 8.20. The van der Waals surface area contributed by atoms with E-state index in [1.165, 1.54) is 0 Å². The maximum absolute atomic E-state index is 4.59. The van der Waals surface area contributed by atoms with E-state index in [1.54, 1.807) is 0 Å². The van der Waals surface area contributed by atoms with Crippen molar-refractivity contribution in [1.29, 1.82) is 0 Å². The zero-order valence-electron chi connectivity index (χ0n) is 10.3. The van der Waals surface area contributed by atoms with Crippen molar-refractivity contribution >= 4 is 34.4 Å². The fourth-order valence-electron chi connectivity index (χ4n) is 1.81. The molecule has 0 radical (unpaired) electrons. The quantitative estimate of drug-likeness (QED) is 0.835. The Hall–Kier alpha value is -0.630. The van der Waals surface area contributed by atoms with Gasteiger partial charge in [0.1, 0.15) is 5.82 Å². The van der Waals surface area contributed by atoms with Crippen molar-refractivity contribution in [2.24, 2.45) is 0 Å². The van der Waals surface area contributed by atoms with E-state index >= 15 is 0 Å². The molecule has 1 fully saturated rings. The highest BCUT2D eigenvalue weighted by Gasteiger charge is 2.17. The SMILES string of the molecule is CCNc1nc(N2CCN(C)CC2)ncc1I. The average molecular weight is 347 g/mol. The first-order valence-electron chi connectivity index (χ1n) is 5.90. The zero-order chi connectivity index (χ0) is 12.3. The van der Waals surface area contributed by atoms with Crippen molar-refractivity contribution in [3.8, 4) is 0 Å². The Kier molecular flexibility index (Phi) is 4.38. The minimum Gasteiger partial charge on any atom is -0.369 e. The second-order valence-electron chi connectivity index (χ2n) is 4.19. The molecular formula is C11H18IN5. The number of nitrogens with zero attached hydrogens (tertiary/aromatic N) is 4. The normalized spacial score (nSPS) is 17.2. The Morgan fingerprint density at radius 2 is 2.06 bits per heavy atom. The second kappa shape index (κ2) is 5.81. The van der Waals surface area contributed by atoms with Crippen molar-refractivity contribution in [1.82, 2.24) is 14.9 Å². The maximum atomic E-state index is 4.59. The van der Waals surface area contributed by atoms with Crippen LogP contribution in [0.15, 0.2) is 6.20 Å². The molecule has 0 spiro atoms. The number of nitrogens with one attached hydrogen (secondary N) is 1. The number of piperazine rings is 1. The molecule has 2 heterocycles. The molecule has 0 atom stereocenters. The van der Waals surface area contributed by atoms with E-state index in [0.29, 0.717) is 0 Å². The Bertz CT molecular complexity index is 376. The Morgan fingerprint density at radius 3 is 2.71 bits per heavy atom. The molecule has 5 nitrogen and oxygen atoms in total. The van der Waals surface area contributed by atoms with Gasteiger partial charge in [-0.2, -0.15) is 4.98 Å². The number of hydrogen-bond donors (Lipinski definition) is 1. The number of likely N-dealkylation sites (N-methyl/N-ethyl adjacent to an activating group) is 1. The summed E-state index contributed by atoms with van der Waals surface area (Å²) >= 11 is 2.26. The minimum absolute atomic E-state index is 0.842. The van der Waals surface area contributed by atoms with E-state index in [1.807, 2.05) is 6.20 Å². The van der Waals surface area contributed by atoms with Crippen molar-refractivity contribution < 1.29 is 0 Å². The summed E-state index contributed by atoms with van der Waals surface area (Å²) in [7, 11) is 2.15. The van der Waals surface area contributed by atoms with E-state index < -0.39 is 0 Å². The summed E-state index contributed by atoms with van der Waals surface area (Å²) in [5.74, 6) is 1.78. The molecule has 94 valence electrons. The molecule has 0 unspecified atom stereocenters. The Labute approximate surface area is 116 Å². The van der Waals surface area contributed by atoms with Gasteiger partial charge in [-0.05, 0) is 36.6 Å². The van der Waals surface area contributed by atoms with Gasteiger partial charge in [-0.3, -0.25) is 0 Å². The van der Waals surface area contributed by atoms with Crippen LogP contribution in [0.1, 0.15) is 6.92 Å². The monoisotopic (exact) mass is 347 g/mol. The summed E-state index contributed by atoms with van der Waals surface area (Å²) in [6.45, 7) is 7.12. The molecule has 1 N–H and O–H groups in total. The van der Waals surface area contributed by atoms with E-state index in [9.17, 15) is 0 Å². The molecule has 1 saturated heterocycles. The number of anilines is 2. The molecular weight excluding hydrogens is 329 g/mol. The molecule has 6 heteroatoms. The predicted octanol–water partition coefficient (Wildman–Crippen LogP) is 1.26.